The van der Waals surface area contributed by atoms with Crippen molar-refractivity contribution in [3.05, 3.63) is 35.9 Å². The molecule has 2 amide bonds. The van der Waals surface area contributed by atoms with Gasteiger partial charge in [-0.2, -0.15) is 0 Å². The van der Waals surface area contributed by atoms with Gasteiger partial charge in [-0.3, -0.25) is 0 Å². The molecule has 0 aliphatic rings. The lowest BCUT2D eigenvalue weighted by molar-refractivity contribution is -0.143. The van der Waals surface area contributed by atoms with Crippen LogP contribution in [0.3, 0.4) is 0 Å². The lowest BCUT2D eigenvalue weighted by Gasteiger charge is -2.27. The van der Waals surface area contributed by atoms with E-state index < -0.39 is 29.8 Å². The number of amides is 2. The van der Waals surface area contributed by atoms with Crippen LogP contribution in [0.5, 0.6) is 0 Å². The number of esters is 1. The van der Waals surface area contributed by atoms with Crippen molar-refractivity contribution in [2.24, 2.45) is 0 Å². The largest absolute Gasteiger partial charge is 0.467 e. The average molecular weight is 497 g/mol. The third kappa shape index (κ3) is 14.2. The quantitative estimate of drug-likeness (QED) is 0.223. The SMILES string of the molecule is COCCOCCN(CCCC[C@@H](NC(=O)OCc1ccccc1)C(=O)OC)C(=O)OC(C)(C)C. The summed E-state index contributed by atoms with van der Waals surface area (Å²) in [5.74, 6) is -0.558. The summed E-state index contributed by atoms with van der Waals surface area (Å²) in [4.78, 5) is 38.5. The van der Waals surface area contributed by atoms with Crippen molar-refractivity contribution in [2.45, 2.75) is 58.3 Å². The van der Waals surface area contributed by atoms with Gasteiger partial charge in [-0.1, -0.05) is 30.3 Å². The summed E-state index contributed by atoms with van der Waals surface area (Å²) in [6.07, 6.45) is 0.348. The number of carbonyl (C=O) groups is 3. The van der Waals surface area contributed by atoms with Crippen LogP contribution >= 0.6 is 0 Å². The first-order chi connectivity index (χ1) is 16.7. The number of nitrogens with one attached hydrogen (secondary N) is 1. The maximum atomic E-state index is 12.6. The lowest BCUT2D eigenvalue weighted by Crippen LogP contribution is -2.42. The monoisotopic (exact) mass is 496 g/mol. The Morgan fingerprint density at radius 1 is 0.971 bits per heavy atom. The highest BCUT2D eigenvalue weighted by Crippen LogP contribution is 2.12. The summed E-state index contributed by atoms with van der Waals surface area (Å²) in [5, 5.41) is 2.56. The molecule has 1 rings (SSSR count). The van der Waals surface area contributed by atoms with Crippen LogP contribution in [-0.4, -0.2) is 81.8 Å². The predicted octanol–water partition coefficient (Wildman–Crippen LogP) is 3.52. The van der Waals surface area contributed by atoms with Crippen LogP contribution in [-0.2, 0) is 35.1 Å². The summed E-state index contributed by atoms with van der Waals surface area (Å²) in [6.45, 7) is 7.55. The molecule has 198 valence electrons. The number of benzene rings is 1. The van der Waals surface area contributed by atoms with Gasteiger partial charge in [-0.25, -0.2) is 14.4 Å². The number of unbranched alkanes of at least 4 members (excludes halogenated alkanes) is 1. The fourth-order valence-corrected chi connectivity index (χ4v) is 2.99. The molecule has 0 saturated carbocycles. The first-order valence-corrected chi connectivity index (χ1v) is 11.8. The molecule has 0 heterocycles. The summed E-state index contributed by atoms with van der Waals surface area (Å²) in [6, 6.07) is 8.39. The summed E-state index contributed by atoms with van der Waals surface area (Å²) in [7, 11) is 2.86. The molecule has 0 fully saturated rings. The maximum absolute atomic E-state index is 12.6. The van der Waals surface area contributed by atoms with Crippen molar-refractivity contribution < 1.29 is 38.1 Å². The number of alkyl carbamates (subject to hydrolysis) is 1. The van der Waals surface area contributed by atoms with E-state index in [1.54, 1.807) is 12.0 Å². The molecule has 10 nitrogen and oxygen atoms in total. The van der Waals surface area contributed by atoms with Crippen molar-refractivity contribution in [3.63, 3.8) is 0 Å². The van der Waals surface area contributed by atoms with E-state index in [1.165, 1.54) is 7.11 Å². The molecule has 0 aliphatic heterocycles. The minimum atomic E-state index is -0.851. The van der Waals surface area contributed by atoms with E-state index >= 15 is 0 Å². The average Bonchev–Trinajstić information content (AvgIpc) is 2.82. The molecule has 10 heteroatoms. The molecule has 0 saturated heterocycles. The minimum Gasteiger partial charge on any atom is -0.467 e. The van der Waals surface area contributed by atoms with Crippen LogP contribution in [0, 0.1) is 0 Å². The number of nitrogens with zero attached hydrogens (tertiary/aromatic N) is 1. The molecule has 1 atom stereocenters. The summed E-state index contributed by atoms with van der Waals surface area (Å²) in [5.41, 5.74) is 0.220. The van der Waals surface area contributed by atoms with Gasteiger partial charge >= 0.3 is 18.2 Å². The fourth-order valence-electron chi connectivity index (χ4n) is 2.99. The van der Waals surface area contributed by atoms with E-state index in [-0.39, 0.29) is 6.61 Å². The smallest absolute Gasteiger partial charge is 0.410 e. The molecular formula is C25H40N2O8. The Hall–Kier alpha value is -2.85. The Bertz CT molecular complexity index is 752. The van der Waals surface area contributed by atoms with Crippen molar-refractivity contribution in [2.75, 3.05) is 47.1 Å². The van der Waals surface area contributed by atoms with Crippen LogP contribution in [0.2, 0.25) is 0 Å². The molecular weight excluding hydrogens is 456 g/mol. The lowest BCUT2D eigenvalue weighted by atomic mass is 10.1. The zero-order valence-corrected chi connectivity index (χ0v) is 21.5. The Morgan fingerprint density at radius 3 is 2.31 bits per heavy atom. The Labute approximate surface area is 208 Å². The molecule has 1 N–H and O–H groups in total. The van der Waals surface area contributed by atoms with Gasteiger partial charge in [-0.05, 0) is 45.6 Å². The van der Waals surface area contributed by atoms with Gasteiger partial charge < -0.3 is 33.9 Å². The van der Waals surface area contributed by atoms with Crippen molar-refractivity contribution in [3.8, 4) is 0 Å². The van der Waals surface area contributed by atoms with Crippen molar-refractivity contribution in [1.29, 1.82) is 0 Å². The molecule has 0 aromatic heterocycles. The van der Waals surface area contributed by atoms with E-state index in [9.17, 15) is 14.4 Å². The number of carbonyl (C=O) groups excluding carboxylic acids is 3. The number of methoxy groups -OCH3 is 2. The van der Waals surface area contributed by atoms with E-state index in [1.807, 2.05) is 51.1 Å². The number of hydrogen-bond donors (Lipinski definition) is 1. The van der Waals surface area contributed by atoms with Gasteiger partial charge in [-0.15, -0.1) is 0 Å². The topological polar surface area (TPSA) is 113 Å². The van der Waals surface area contributed by atoms with Crippen molar-refractivity contribution >= 4 is 18.2 Å². The Kier molecular flexibility index (Phi) is 14.4. The van der Waals surface area contributed by atoms with Crippen LogP contribution < -0.4 is 5.32 Å². The highest BCUT2D eigenvalue weighted by Gasteiger charge is 2.24. The number of rotatable bonds is 15. The van der Waals surface area contributed by atoms with E-state index in [2.05, 4.69) is 5.32 Å². The maximum Gasteiger partial charge on any atom is 0.410 e. The highest BCUT2D eigenvalue weighted by atomic mass is 16.6. The fraction of sp³-hybridized carbons (Fsp3) is 0.640. The number of hydrogen-bond acceptors (Lipinski definition) is 8. The molecule has 0 bridgehead atoms. The Balaban J connectivity index is 2.53. The Morgan fingerprint density at radius 2 is 1.69 bits per heavy atom. The third-order valence-corrected chi connectivity index (χ3v) is 4.75. The number of ether oxygens (including phenoxy) is 5. The zero-order chi connectivity index (χ0) is 26.1. The van der Waals surface area contributed by atoms with E-state index in [0.29, 0.717) is 52.2 Å². The summed E-state index contributed by atoms with van der Waals surface area (Å²) < 4.78 is 25.9. The van der Waals surface area contributed by atoms with Gasteiger partial charge in [0.15, 0.2) is 0 Å². The normalized spacial score (nSPS) is 11.9. The molecule has 1 aromatic rings. The second-order valence-corrected chi connectivity index (χ2v) is 8.85. The molecule has 0 unspecified atom stereocenters. The van der Waals surface area contributed by atoms with E-state index in [4.69, 9.17) is 23.7 Å². The van der Waals surface area contributed by atoms with Gasteiger partial charge in [0, 0.05) is 20.2 Å². The third-order valence-electron chi connectivity index (χ3n) is 4.75. The molecule has 1 aromatic carbocycles. The zero-order valence-electron chi connectivity index (χ0n) is 21.5. The van der Waals surface area contributed by atoms with Gasteiger partial charge in [0.05, 0.1) is 26.9 Å². The first-order valence-electron chi connectivity index (χ1n) is 11.8. The standard InChI is InChI=1S/C25H40N2O8/c1-25(2,3)35-24(30)27(15-16-33-18-17-31-4)14-10-9-13-21(22(28)32-5)26-23(29)34-19-20-11-7-6-8-12-20/h6-8,11-12,21H,9-10,13-19H2,1-5H3,(H,26,29)/t21-/m1/s1. The molecule has 0 spiro atoms. The van der Waals surface area contributed by atoms with Gasteiger partial charge in [0.2, 0.25) is 0 Å². The highest BCUT2D eigenvalue weighted by molar-refractivity contribution is 5.81. The second kappa shape index (κ2) is 16.7. The predicted molar refractivity (Wildman–Crippen MR) is 130 cm³/mol. The first kappa shape index (κ1) is 30.2. The summed E-state index contributed by atoms with van der Waals surface area (Å²) >= 11 is 0. The van der Waals surface area contributed by atoms with E-state index in [0.717, 1.165) is 5.56 Å². The van der Waals surface area contributed by atoms with Gasteiger partial charge in [0.25, 0.3) is 0 Å². The van der Waals surface area contributed by atoms with Crippen LogP contribution in [0.1, 0.15) is 45.6 Å². The minimum absolute atomic E-state index is 0.0951. The second-order valence-electron chi connectivity index (χ2n) is 8.85. The molecule has 0 radical (unpaired) electrons. The molecule has 0 aliphatic carbocycles. The van der Waals surface area contributed by atoms with Crippen molar-refractivity contribution in [1.82, 2.24) is 10.2 Å². The van der Waals surface area contributed by atoms with Gasteiger partial charge in [0.1, 0.15) is 18.2 Å². The molecule has 35 heavy (non-hydrogen) atoms. The van der Waals surface area contributed by atoms with Crippen LogP contribution in [0.15, 0.2) is 30.3 Å². The van der Waals surface area contributed by atoms with Crippen LogP contribution in [0.4, 0.5) is 9.59 Å². The van der Waals surface area contributed by atoms with Crippen LogP contribution in [0.25, 0.3) is 0 Å².